The maximum absolute atomic E-state index is 2.50. The molecule has 8 rings (SSSR count). The lowest BCUT2D eigenvalue weighted by Gasteiger charge is -2.31. The van der Waals surface area contributed by atoms with Crippen molar-refractivity contribution >= 4 is 27.8 Å². The molecule has 1 heteroatoms. The standard InChI is InChI=1S/C45H37N/c1-30-28-35(32-14-6-5-7-15-32)29-31(2)44(30)46(42-23-13-22-41-43(42)39-19-10-11-21-40(39)45(41,3)4)36-26-24-34(25-27-36)38-20-12-17-33-16-8-9-18-37(33)38/h5-29H,1-4H3. The van der Waals surface area contributed by atoms with E-state index in [2.05, 4.69) is 184 Å². The van der Waals surface area contributed by atoms with Crippen LogP contribution in [0.3, 0.4) is 0 Å². The van der Waals surface area contributed by atoms with Gasteiger partial charge in [-0.15, -0.1) is 0 Å². The van der Waals surface area contributed by atoms with Gasteiger partial charge in [-0.2, -0.15) is 0 Å². The molecule has 0 aliphatic heterocycles. The molecule has 0 N–H and O–H groups in total. The quantitative estimate of drug-likeness (QED) is 0.192. The van der Waals surface area contributed by atoms with Crippen LogP contribution in [0.25, 0.3) is 44.2 Å². The normalized spacial score (nSPS) is 13.0. The minimum atomic E-state index is -0.0763. The number of rotatable bonds is 5. The molecule has 1 nitrogen and oxygen atoms in total. The van der Waals surface area contributed by atoms with E-state index in [9.17, 15) is 0 Å². The molecule has 0 aromatic heterocycles. The largest absolute Gasteiger partial charge is 0.309 e. The number of benzene rings is 7. The Bertz CT molecular complexity index is 2210. The van der Waals surface area contributed by atoms with Crippen molar-refractivity contribution in [2.24, 2.45) is 0 Å². The number of nitrogens with zero attached hydrogens (tertiary/aromatic N) is 1. The SMILES string of the molecule is Cc1cc(-c2ccccc2)cc(C)c1N(c1ccc(-c2cccc3ccccc23)cc1)c1cccc2c1-c1ccccc1C2(C)C. The minimum absolute atomic E-state index is 0.0763. The molecule has 46 heavy (non-hydrogen) atoms. The summed E-state index contributed by atoms with van der Waals surface area (Å²) in [4.78, 5) is 2.50. The van der Waals surface area contributed by atoms with E-state index < -0.39 is 0 Å². The van der Waals surface area contributed by atoms with E-state index in [1.807, 2.05) is 0 Å². The lowest BCUT2D eigenvalue weighted by molar-refractivity contribution is 0.660. The summed E-state index contributed by atoms with van der Waals surface area (Å²) in [6.07, 6.45) is 0. The maximum atomic E-state index is 2.50. The fourth-order valence-electron chi connectivity index (χ4n) is 7.68. The molecular weight excluding hydrogens is 555 g/mol. The van der Waals surface area contributed by atoms with Crippen molar-refractivity contribution in [3.05, 3.63) is 174 Å². The van der Waals surface area contributed by atoms with Crippen molar-refractivity contribution in [2.75, 3.05) is 4.90 Å². The Balaban J connectivity index is 1.34. The zero-order valence-corrected chi connectivity index (χ0v) is 26.9. The molecule has 222 valence electrons. The van der Waals surface area contributed by atoms with Crippen LogP contribution in [0.2, 0.25) is 0 Å². The molecule has 0 spiro atoms. The first-order valence-electron chi connectivity index (χ1n) is 16.2. The molecule has 1 aliphatic carbocycles. The van der Waals surface area contributed by atoms with Crippen molar-refractivity contribution in [1.82, 2.24) is 0 Å². The number of fused-ring (bicyclic) bond motifs is 4. The van der Waals surface area contributed by atoms with E-state index >= 15 is 0 Å². The molecule has 0 saturated carbocycles. The van der Waals surface area contributed by atoms with E-state index in [-0.39, 0.29) is 5.41 Å². The monoisotopic (exact) mass is 591 g/mol. The average Bonchev–Trinajstić information content (AvgIpc) is 3.33. The second-order valence-electron chi connectivity index (χ2n) is 13.1. The summed E-state index contributed by atoms with van der Waals surface area (Å²) in [5, 5.41) is 2.54. The molecule has 1 aliphatic rings. The smallest absolute Gasteiger partial charge is 0.0543 e. The van der Waals surface area contributed by atoms with E-state index in [0.29, 0.717) is 0 Å². The summed E-state index contributed by atoms with van der Waals surface area (Å²) in [7, 11) is 0. The van der Waals surface area contributed by atoms with Crippen LogP contribution in [0.15, 0.2) is 152 Å². The van der Waals surface area contributed by atoms with Gasteiger partial charge < -0.3 is 4.90 Å². The summed E-state index contributed by atoms with van der Waals surface area (Å²) in [6, 6.07) is 55.6. The average molecular weight is 592 g/mol. The Hall–Kier alpha value is -5.40. The van der Waals surface area contributed by atoms with Crippen molar-refractivity contribution in [3.8, 4) is 33.4 Å². The Labute approximate surface area is 272 Å². The van der Waals surface area contributed by atoms with Crippen LogP contribution in [-0.4, -0.2) is 0 Å². The zero-order valence-electron chi connectivity index (χ0n) is 26.9. The van der Waals surface area contributed by atoms with Gasteiger partial charge in [-0.3, -0.25) is 0 Å². The van der Waals surface area contributed by atoms with Gasteiger partial charge >= 0.3 is 0 Å². The van der Waals surface area contributed by atoms with Gasteiger partial charge in [0.05, 0.1) is 11.4 Å². The molecule has 0 saturated heterocycles. The van der Waals surface area contributed by atoms with Crippen molar-refractivity contribution in [2.45, 2.75) is 33.1 Å². The molecule has 0 atom stereocenters. The lowest BCUT2D eigenvalue weighted by atomic mass is 9.82. The van der Waals surface area contributed by atoms with E-state index in [1.54, 1.807) is 0 Å². The first-order chi connectivity index (χ1) is 22.4. The summed E-state index contributed by atoms with van der Waals surface area (Å²) < 4.78 is 0. The first-order valence-corrected chi connectivity index (χ1v) is 16.2. The number of anilines is 3. The predicted molar refractivity (Wildman–Crippen MR) is 197 cm³/mol. The second kappa shape index (κ2) is 10.9. The number of hydrogen-bond donors (Lipinski definition) is 0. The van der Waals surface area contributed by atoms with Crippen LogP contribution in [0, 0.1) is 13.8 Å². The third-order valence-corrected chi connectivity index (χ3v) is 9.87. The summed E-state index contributed by atoms with van der Waals surface area (Å²) in [6.45, 7) is 9.23. The van der Waals surface area contributed by atoms with Gasteiger partial charge in [0, 0.05) is 16.7 Å². The van der Waals surface area contributed by atoms with Gasteiger partial charge in [0.25, 0.3) is 0 Å². The highest BCUT2D eigenvalue weighted by atomic mass is 15.1. The van der Waals surface area contributed by atoms with Crippen LogP contribution in [0.4, 0.5) is 17.1 Å². The summed E-state index contributed by atoms with van der Waals surface area (Å²) in [5.41, 5.74) is 16.4. The molecule has 7 aromatic rings. The molecule has 0 amide bonds. The van der Waals surface area contributed by atoms with Gasteiger partial charge in [-0.05, 0) is 105 Å². The lowest BCUT2D eigenvalue weighted by Crippen LogP contribution is -2.17. The molecule has 0 heterocycles. The van der Waals surface area contributed by atoms with Crippen LogP contribution in [0.5, 0.6) is 0 Å². The van der Waals surface area contributed by atoms with E-state index in [1.165, 1.54) is 77.8 Å². The van der Waals surface area contributed by atoms with E-state index in [4.69, 9.17) is 0 Å². The molecule has 0 bridgehead atoms. The Morgan fingerprint density at radius 1 is 0.478 bits per heavy atom. The molecule has 0 unspecified atom stereocenters. The fraction of sp³-hybridized carbons (Fsp3) is 0.111. The maximum Gasteiger partial charge on any atom is 0.0543 e. The first kappa shape index (κ1) is 28.1. The second-order valence-corrected chi connectivity index (χ2v) is 13.1. The van der Waals surface area contributed by atoms with Crippen LogP contribution < -0.4 is 4.90 Å². The Morgan fingerprint density at radius 3 is 1.87 bits per heavy atom. The minimum Gasteiger partial charge on any atom is -0.309 e. The number of aryl methyl sites for hydroxylation is 2. The predicted octanol–water partition coefficient (Wildman–Crippen LogP) is 12.6. The van der Waals surface area contributed by atoms with Crippen molar-refractivity contribution < 1.29 is 0 Å². The van der Waals surface area contributed by atoms with E-state index in [0.717, 1.165) is 5.69 Å². The summed E-state index contributed by atoms with van der Waals surface area (Å²) >= 11 is 0. The highest BCUT2D eigenvalue weighted by molar-refractivity contribution is 5.98. The van der Waals surface area contributed by atoms with Gasteiger partial charge in [-0.25, -0.2) is 0 Å². The zero-order chi connectivity index (χ0) is 31.4. The molecule has 0 radical (unpaired) electrons. The molecule has 7 aromatic carbocycles. The van der Waals surface area contributed by atoms with Gasteiger partial charge in [0.15, 0.2) is 0 Å². The van der Waals surface area contributed by atoms with Gasteiger partial charge in [0.1, 0.15) is 0 Å². The topological polar surface area (TPSA) is 3.24 Å². The van der Waals surface area contributed by atoms with Crippen LogP contribution in [0.1, 0.15) is 36.1 Å². The number of hydrogen-bond acceptors (Lipinski definition) is 1. The third-order valence-electron chi connectivity index (χ3n) is 9.87. The summed E-state index contributed by atoms with van der Waals surface area (Å²) in [5.74, 6) is 0. The highest BCUT2D eigenvalue weighted by Crippen LogP contribution is 2.54. The molecule has 0 fully saturated rings. The van der Waals surface area contributed by atoms with Crippen LogP contribution in [-0.2, 0) is 5.41 Å². The fourth-order valence-corrected chi connectivity index (χ4v) is 7.68. The van der Waals surface area contributed by atoms with Gasteiger partial charge in [-0.1, -0.05) is 135 Å². The van der Waals surface area contributed by atoms with Gasteiger partial charge in [0.2, 0.25) is 0 Å². The Kier molecular flexibility index (Phi) is 6.65. The van der Waals surface area contributed by atoms with Crippen molar-refractivity contribution in [3.63, 3.8) is 0 Å². The highest BCUT2D eigenvalue weighted by Gasteiger charge is 2.38. The third kappa shape index (κ3) is 4.46. The molecular formula is C45H37N. The Morgan fingerprint density at radius 2 is 1.09 bits per heavy atom. The van der Waals surface area contributed by atoms with Crippen molar-refractivity contribution in [1.29, 1.82) is 0 Å². The van der Waals surface area contributed by atoms with Crippen LogP contribution >= 0.6 is 0 Å².